The quantitative estimate of drug-likeness (QED) is 0.0799. The van der Waals surface area contributed by atoms with Crippen LogP contribution in [-0.4, -0.2) is 131 Å². The Bertz CT molecular complexity index is 3030. The number of sulfonamides is 2. The van der Waals surface area contributed by atoms with Crippen molar-refractivity contribution in [3.63, 3.8) is 0 Å². The molecule has 5 heterocycles. The van der Waals surface area contributed by atoms with Crippen molar-refractivity contribution in [2.75, 3.05) is 93.5 Å². The van der Waals surface area contributed by atoms with Crippen LogP contribution in [0.3, 0.4) is 0 Å². The molecule has 2 aromatic heterocycles. The number of ether oxygens (including phenoxy) is 2. The highest BCUT2D eigenvalue weighted by molar-refractivity contribution is 7.90. The van der Waals surface area contributed by atoms with E-state index in [0.29, 0.717) is 42.5 Å². The molecule has 69 heavy (non-hydrogen) atoms. The lowest BCUT2D eigenvalue weighted by atomic mass is 9.72. The van der Waals surface area contributed by atoms with E-state index >= 15 is 0 Å². The second kappa shape index (κ2) is 19.6. The van der Waals surface area contributed by atoms with Crippen molar-refractivity contribution in [1.29, 1.82) is 0 Å². The molecule has 0 spiro atoms. The fourth-order valence-corrected chi connectivity index (χ4v) is 11.6. The van der Waals surface area contributed by atoms with Gasteiger partial charge in [0.25, 0.3) is 21.6 Å². The zero-order valence-corrected chi connectivity index (χ0v) is 41.1. The average Bonchev–Trinajstić information content (AvgIpc) is 3.68. The average molecular weight is 1000 g/mol. The van der Waals surface area contributed by atoms with Crippen LogP contribution in [0.1, 0.15) is 55.5 Å². The zero-order valence-electron chi connectivity index (χ0n) is 38.7. The summed E-state index contributed by atoms with van der Waals surface area (Å²) in [6.07, 6.45) is 5.99. The summed E-state index contributed by atoms with van der Waals surface area (Å²) >= 11 is 6.27. The summed E-state index contributed by atoms with van der Waals surface area (Å²) in [5, 5.41) is 16.7. The second-order valence-electron chi connectivity index (χ2n) is 18.8. The lowest BCUT2D eigenvalue weighted by Gasteiger charge is -2.39. The SMILES string of the molecule is CC1(C)CCC(CN2CCN(c3ccc(C(=O)NS(=O)(=O)c4ccc(NCC5CN(S(C)(=O)=O)CCO5)c([N+](=O)[O-])c4)c(N4CCCOc5nc6[nH]ccc6cc54)c3)CC2)=C(c2ccc(Cl)cc2)C1. The first-order chi connectivity index (χ1) is 32.9. The summed E-state index contributed by atoms with van der Waals surface area (Å²) in [7, 11) is -8.14. The van der Waals surface area contributed by atoms with E-state index < -0.39 is 47.6 Å². The zero-order chi connectivity index (χ0) is 48.7. The molecule has 4 aliphatic rings. The number of allylic oxidation sites excluding steroid dienone is 1. The number of hydrogen-bond donors (Lipinski definition) is 3. The normalized spacial score (nSPS) is 19.4. The molecule has 21 heteroatoms. The molecule has 0 bridgehead atoms. The van der Waals surface area contributed by atoms with E-state index in [1.54, 1.807) is 12.3 Å². The van der Waals surface area contributed by atoms with Gasteiger partial charge in [0.1, 0.15) is 17.0 Å². The fraction of sp³-hybridized carbons (Fsp3) is 0.417. The molecular formula is C48H56ClN9O9S2. The molecule has 9 rings (SSSR count). The first kappa shape index (κ1) is 48.3. The molecule has 2 saturated heterocycles. The lowest BCUT2D eigenvalue weighted by Crippen LogP contribution is -2.47. The van der Waals surface area contributed by atoms with Gasteiger partial charge in [0, 0.05) is 87.3 Å². The Morgan fingerprint density at radius 1 is 0.957 bits per heavy atom. The van der Waals surface area contributed by atoms with Crippen LogP contribution in [0, 0.1) is 15.5 Å². The maximum absolute atomic E-state index is 14.4. The highest BCUT2D eigenvalue weighted by Crippen LogP contribution is 2.44. The Labute approximate surface area is 406 Å². The number of morpholine rings is 1. The van der Waals surface area contributed by atoms with Gasteiger partial charge < -0.3 is 29.6 Å². The maximum Gasteiger partial charge on any atom is 0.293 e. The summed E-state index contributed by atoms with van der Waals surface area (Å²) in [5.41, 5.74) is 6.33. The number of halogens is 1. The minimum atomic E-state index is -4.67. The van der Waals surface area contributed by atoms with Crippen LogP contribution < -0.4 is 24.6 Å². The number of aromatic nitrogens is 2. The van der Waals surface area contributed by atoms with Gasteiger partial charge in [-0.25, -0.2) is 21.6 Å². The lowest BCUT2D eigenvalue weighted by molar-refractivity contribution is -0.384. The topological polar surface area (TPSA) is 213 Å². The van der Waals surface area contributed by atoms with Crippen LogP contribution >= 0.6 is 11.6 Å². The third-order valence-corrected chi connectivity index (χ3v) is 16.2. The van der Waals surface area contributed by atoms with Gasteiger partial charge in [-0.3, -0.25) is 19.8 Å². The van der Waals surface area contributed by atoms with Crippen molar-refractivity contribution < 1.29 is 36.0 Å². The van der Waals surface area contributed by atoms with Crippen molar-refractivity contribution in [3.05, 3.63) is 111 Å². The smallest absolute Gasteiger partial charge is 0.293 e. The van der Waals surface area contributed by atoms with Gasteiger partial charge in [-0.1, -0.05) is 43.2 Å². The van der Waals surface area contributed by atoms with Gasteiger partial charge >= 0.3 is 0 Å². The number of nitro benzene ring substituents is 1. The number of anilines is 4. The van der Waals surface area contributed by atoms with Crippen LogP contribution in [0.5, 0.6) is 5.88 Å². The number of pyridine rings is 1. The van der Waals surface area contributed by atoms with Gasteiger partial charge in [-0.05, 0) is 96.8 Å². The maximum atomic E-state index is 14.4. The molecule has 2 fully saturated rings. The monoisotopic (exact) mass is 1000 g/mol. The van der Waals surface area contributed by atoms with Crippen LogP contribution in [0.4, 0.5) is 28.4 Å². The third kappa shape index (κ3) is 10.9. The Kier molecular flexibility index (Phi) is 13.7. The van der Waals surface area contributed by atoms with E-state index in [-0.39, 0.29) is 42.9 Å². The predicted molar refractivity (Wildman–Crippen MR) is 267 cm³/mol. The number of H-pyrrole nitrogens is 1. The molecule has 1 amide bonds. The standard InChI is InChI=1S/C48H56ClN9O9S2/c1-48(2)15-13-34(40(28-48)32-5-7-35(49)8-6-32)30-54-18-20-55(21-19-54)36-9-11-39(42(26-36)57-17-4-23-67-47-44(57)25-33-14-16-50-45(33)52-47)46(59)53-69(64,65)38-10-12-41(43(27-38)58(60)61)51-29-37-31-56(22-24-66-37)68(3,62)63/h5-12,14,16,25-27,37,51H,4,13,15,17-24,28-31H2,1-3H3,(H,50,52)(H,53,59). The van der Waals surface area contributed by atoms with Crippen LogP contribution in [0.15, 0.2) is 89.5 Å². The van der Waals surface area contributed by atoms with Crippen molar-refractivity contribution in [2.24, 2.45) is 5.41 Å². The van der Waals surface area contributed by atoms with E-state index in [1.807, 2.05) is 41.3 Å². The number of hydrogen-bond acceptors (Lipinski definition) is 14. The van der Waals surface area contributed by atoms with Gasteiger partial charge in [-0.15, -0.1) is 0 Å². The number of nitro groups is 1. The van der Waals surface area contributed by atoms with E-state index in [0.717, 1.165) is 80.4 Å². The molecule has 3 aliphatic heterocycles. The van der Waals surface area contributed by atoms with Gasteiger partial charge in [0.15, 0.2) is 0 Å². The number of piperazine rings is 1. The number of amides is 1. The Hall–Kier alpha value is -5.77. The molecule has 3 N–H and O–H groups in total. The van der Waals surface area contributed by atoms with Crippen LogP contribution in [0.2, 0.25) is 5.02 Å². The van der Waals surface area contributed by atoms with Gasteiger partial charge in [0.2, 0.25) is 15.9 Å². The van der Waals surface area contributed by atoms with E-state index in [1.165, 1.54) is 33.1 Å². The Morgan fingerprint density at radius 3 is 2.49 bits per heavy atom. The van der Waals surface area contributed by atoms with E-state index in [4.69, 9.17) is 26.1 Å². The second-order valence-corrected chi connectivity index (χ2v) is 22.9. The number of nitrogens with zero attached hydrogens (tertiary/aromatic N) is 6. The molecule has 1 atom stereocenters. The number of aromatic amines is 1. The molecule has 1 aliphatic carbocycles. The highest BCUT2D eigenvalue weighted by atomic mass is 35.5. The van der Waals surface area contributed by atoms with E-state index in [9.17, 15) is 31.7 Å². The molecule has 3 aromatic carbocycles. The molecule has 5 aromatic rings. The summed E-state index contributed by atoms with van der Waals surface area (Å²) < 4.78 is 67.4. The molecule has 0 radical (unpaired) electrons. The Balaban J connectivity index is 0.972. The first-order valence-electron chi connectivity index (χ1n) is 23.0. The van der Waals surface area contributed by atoms with E-state index in [2.05, 4.69) is 50.8 Å². The summed E-state index contributed by atoms with van der Waals surface area (Å²) in [4.78, 5) is 40.1. The number of benzene rings is 3. The molecule has 1 unspecified atom stereocenters. The molecule has 0 saturated carbocycles. The van der Waals surface area contributed by atoms with Crippen molar-refractivity contribution in [2.45, 2.75) is 50.5 Å². The first-order valence-corrected chi connectivity index (χ1v) is 26.7. The summed E-state index contributed by atoms with van der Waals surface area (Å²) in [6, 6.07) is 20.6. The van der Waals surface area contributed by atoms with Gasteiger partial charge in [-0.2, -0.15) is 9.29 Å². The van der Waals surface area contributed by atoms with Gasteiger partial charge in [0.05, 0.1) is 46.6 Å². The third-order valence-electron chi connectivity index (χ3n) is 13.4. The number of rotatable bonds is 13. The fourth-order valence-electron chi connectivity index (χ4n) is 9.60. The minimum Gasteiger partial charge on any atom is -0.476 e. The summed E-state index contributed by atoms with van der Waals surface area (Å²) in [6.45, 7) is 9.78. The highest BCUT2D eigenvalue weighted by Gasteiger charge is 2.33. The molecular weight excluding hydrogens is 946 g/mol. The predicted octanol–water partition coefficient (Wildman–Crippen LogP) is 7.02. The van der Waals surface area contributed by atoms with Crippen LogP contribution in [0.25, 0.3) is 16.6 Å². The number of fused-ring (bicyclic) bond motifs is 2. The van der Waals surface area contributed by atoms with Crippen LogP contribution in [-0.2, 0) is 24.8 Å². The number of nitrogens with one attached hydrogen (secondary N) is 3. The summed E-state index contributed by atoms with van der Waals surface area (Å²) in [5.74, 6) is -0.568. The molecule has 18 nitrogen and oxygen atoms in total. The minimum absolute atomic E-state index is 0.00550. The largest absolute Gasteiger partial charge is 0.476 e. The number of carbonyl (C=O) groups is 1. The Morgan fingerprint density at radius 2 is 1.74 bits per heavy atom. The van der Waals surface area contributed by atoms with Crippen molar-refractivity contribution in [3.8, 4) is 5.88 Å². The number of carbonyl (C=O) groups excluding carboxylic acids is 1. The molecule has 366 valence electrons. The van der Waals surface area contributed by atoms with Crippen molar-refractivity contribution in [1.82, 2.24) is 23.9 Å². The van der Waals surface area contributed by atoms with Crippen molar-refractivity contribution >= 4 is 82.6 Å².